The minimum atomic E-state index is -0.582. The minimum absolute atomic E-state index is 0.00114. The van der Waals surface area contributed by atoms with Crippen molar-refractivity contribution >= 4 is 40.9 Å². The van der Waals surface area contributed by atoms with Gasteiger partial charge in [-0.1, -0.05) is 0 Å². The van der Waals surface area contributed by atoms with E-state index in [1.165, 1.54) is 23.1 Å². The van der Waals surface area contributed by atoms with Gasteiger partial charge in [-0.2, -0.15) is 0 Å². The molecule has 2 amide bonds. The Bertz CT molecular complexity index is 1170. The molecular formula is C22H16FN3O3S. The lowest BCUT2D eigenvalue weighted by Gasteiger charge is -2.29. The Labute approximate surface area is 177 Å². The molecule has 0 aliphatic carbocycles. The Morgan fingerprint density at radius 3 is 2.33 bits per heavy atom. The second kappa shape index (κ2) is 7.92. The molecule has 1 N–H and O–H groups in total. The van der Waals surface area contributed by atoms with E-state index in [0.717, 1.165) is 0 Å². The van der Waals surface area contributed by atoms with Crippen LogP contribution in [-0.4, -0.2) is 28.6 Å². The SMILES string of the molecule is COc1ccc(N2C(=O)/C(=C/c3cccn3-c3ccc(F)cc3)C(=O)NC2=S)cc1. The third-order valence-electron chi connectivity index (χ3n) is 4.61. The first-order chi connectivity index (χ1) is 14.5. The fourth-order valence-corrected chi connectivity index (χ4v) is 3.40. The van der Waals surface area contributed by atoms with E-state index < -0.39 is 11.8 Å². The summed E-state index contributed by atoms with van der Waals surface area (Å²) >= 11 is 5.21. The molecular weight excluding hydrogens is 405 g/mol. The standard InChI is InChI=1S/C22H16FN3O3S/c1-29-18-10-8-16(9-11-18)26-21(28)19(20(27)24-22(26)30)13-17-3-2-12-25(17)15-6-4-14(23)5-7-15/h2-13H,1H3,(H,24,27,30)/b19-13+. The van der Waals surface area contributed by atoms with Crippen LogP contribution in [0.2, 0.25) is 0 Å². The molecule has 0 unspecified atom stereocenters. The highest BCUT2D eigenvalue weighted by molar-refractivity contribution is 7.80. The van der Waals surface area contributed by atoms with Crippen molar-refractivity contribution in [1.29, 1.82) is 0 Å². The maximum Gasteiger partial charge on any atom is 0.270 e. The number of nitrogens with one attached hydrogen (secondary N) is 1. The lowest BCUT2D eigenvalue weighted by Crippen LogP contribution is -2.54. The Kier molecular flexibility index (Phi) is 5.16. The number of thiocarbonyl (C=S) groups is 1. The molecule has 1 aliphatic rings. The third-order valence-corrected chi connectivity index (χ3v) is 4.89. The van der Waals surface area contributed by atoms with Crippen LogP contribution in [0.3, 0.4) is 0 Å². The van der Waals surface area contributed by atoms with Crippen molar-refractivity contribution in [2.45, 2.75) is 0 Å². The van der Waals surface area contributed by atoms with E-state index in [2.05, 4.69) is 5.32 Å². The van der Waals surface area contributed by atoms with Crippen LogP contribution >= 0.6 is 12.2 Å². The summed E-state index contributed by atoms with van der Waals surface area (Å²) in [7, 11) is 1.54. The van der Waals surface area contributed by atoms with Gasteiger partial charge in [-0.3, -0.25) is 19.8 Å². The molecule has 0 radical (unpaired) electrons. The van der Waals surface area contributed by atoms with E-state index in [1.54, 1.807) is 66.4 Å². The van der Waals surface area contributed by atoms with Crippen molar-refractivity contribution in [1.82, 2.24) is 9.88 Å². The summed E-state index contributed by atoms with van der Waals surface area (Å²) in [5.74, 6) is -0.843. The van der Waals surface area contributed by atoms with E-state index in [0.29, 0.717) is 22.8 Å². The quantitative estimate of drug-likeness (QED) is 0.398. The summed E-state index contributed by atoms with van der Waals surface area (Å²) in [6, 6.07) is 16.2. The first-order valence-corrected chi connectivity index (χ1v) is 9.37. The van der Waals surface area contributed by atoms with Gasteiger partial charge >= 0.3 is 0 Å². The minimum Gasteiger partial charge on any atom is -0.497 e. The first kappa shape index (κ1) is 19.5. The predicted octanol–water partition coefficient (Wildman–Crippen LogP) is 3.46. The van der Waals surface area contributed by atoms with Gasteiger partial charge in [0.15, 0.2) is 5.11 Å². The van der Waals surface area contributed by atoms with Crippen LogP contribution < -0.4 is 15.0 Å². The molecule has 0 saturated carbocycles. The van der Waals surface area contributed by atoms with Gasteiger partial charge in [0.25, 0.3) is 11.8 Å². The van der Waals surface area contributed by atoms with Crippen molar-refractivity contribution in [2.75, 3.05) is 12.0 Å². The molecule has 1 aliphatic heterocycles. The molecule has 8 heteroatoms. The van der Waals surface area contributed by atoms with E-state index in [1.807, 2.05) is 0 Å². The summed E-state index contributed by atoms with van der Waals surface area (Å²) in [6.45, 7) is 0. The summed E-state index contributed by atoms with van der Waals surface area (Å²) < 4.78 is 20.1. The molecule has 1 fully saturated rings. The maximum absolute atomic E-state index is 13.2. The number of benzene rings is 2. The van der Waals surface area contributed by atoms with Crippen LogP contribution in [0.4, 0.5) is 10.1 Å². The number of amides is 2. The number of nitrogens with zero attached hydrogens (tertiary/aromatic N) is 2. The van der Waals surface area contributed by atoms with Crippen molar-refractivity contribution in [3.63, 3.8) is 0 Å². The number of hydrogen-bond donors (Lipinski definition) is 1. The molecule has 0 spiro atoms. The van der Waals surface area contributed by atoms with Crippen LogP contribution in [0.5, 0.6) is 5.75 Å². The molecule has 2 heterocycles. The van der Waals surface area contributed by atoms with Crippen LogP contribution in [0, 0.1) is 5.82 Å². The van der Waals surface area contributed by atoms with E-state index in [9.17, 15) is 14.0 Å². The lowest BCUT2D eigenvalue weighted by molar-refractivity contribution is -0.122. The zero-order valence-electron chi connectivity index (χ0n) is 15.8. The number of halogens is 1. The van der Waals surface area contributed by atoms with E-state index in [-0.39, 0.29) is 16.5 Å². The third kappa shape index (κ3) is 3.60. The lowest BCUT2D eigenvalue weighted by atomic mass is 10.1. The van der Waals surface area contributed by atoms with Gasteiger partial charge in [0.05, 0.1) is 12.8 Å². The number of ether oxygens (including phenoxy) is 1. The molecule has 30 heavy (non-hydrogen) atoms. The summed E-state index contributed by atoms with van der Waals surface area (Å²) in [6.07, 6.45) is 3.25. The van der Waals surface area contributed by atoms with Crippen LogP contribution in [0.1, 0.15) is 5.69 Å². The zero-order valence-corrected chi connectivity index (χ0v) is 16.7. The van der Waals surface area contributed by atoms with Gasteiger partial charge in [0.2, 0.25) is 0 Å². The predicted molar refractivity (Wildman–Crippen MR) is 115 cm³/mol. The summed E-state index contributed by atoms with van der Waals surface area (Å²) in [5.41, 5.74) is 1.72. The first-order valence-electron chi connectivity index (χ1n) is 8.97. The van der Waals surface area contributed by atoms with Crippen LogP contribution in [-0.2, 0) is 9.59 Å². The summed E-state index contributed by atoms with van der Waals surface area (Å²) in [4.78, 5) is 26.9. The number of methoxy groups -OCH3 is 1. The van der Waals surface area contributed by atoms with Crippen molar-refractivity contribution < 1.29 is 18.7 Å². The second-order valence-corrected chi connectivity index (χ2v) is 6.82. The van der Waals surface area contributed by atoms with Gasteiger partial charge in [-0.25, -0.2) is 4.39 Å². The number of carbonyl (C=O) groups excluding carboxylic acids is 2. The normalized spacial score (nSPS) is 15.5. The molecule has 0 atom stereocenters. The van der Waals surface area contributed by atoms with Crippen LogP contribution in [0.25, 0.3) is 11.8 Å². The smallest absolute Gasteiger partial charge is 0.270 e. The Hall–Kier alpha value is -3.78. The van der Waals surface area contributed by atoms with Gasteiger partial charge in [0.1, 0.15) is 17.1 Å². The molecule has 6 nitrogen and oxygen atoms in total. The van der Waals surface area contributed by atoms with Gasteiger partial charge < -0.3 is 9.30 Å². The second-order valence-electron chi connectivity index (χ2n) is 6.44. The monoisotopic (exact) mass is 421 g/mol. The molecule has 3 aromatic rings. The Balaban J connectivity index is 1.71. The number of hydrogen-bond acceptors (Lipinski definition) is 4. The van der Waals surface area contributed by atoms with Crippen molar-refractivity contribution in [3.05, 3.63) is 83.9 Å². The highest BCUT2D eigenvalue weighted by Gasteiger charge is 2.34. The van der Waals surface area contributed by atoms with Crippen LogP contribution in [0.15, 0.2) is 72.4 Å². The Morgan fingerprint density at radius 2 is 1.67 bits per heavy atom. The van der Waals surface area contributed by atoms with E-state index >= 15 is 0 Å². The zero-order chi connectivity index (χ0) is 21.3. The number of anilines is 1. The van der Waals surface area contributed by atoms with E-state index in [4.69, 9.17) is 17.0 Å². The van der Waals surface area contributed by atoms with Crippen molar-refractivity contribution in [3.8, 4) is 11.4 Å². The highest BCUT2D eigenvalue weighted by Crippen LogP contribution is 2.25. The molecule has 4 rings (SSSR count). The van der Waals surface area contributed by atoms with Crippen molar-refractivity contribution in [2.24, 2.45) is 0 Å². The molecule has 1 saturated heterocycles. The van der Waals surface area contributed by atoms with Gasteiger partial charge in [-0.05, 0) is 79.0 Å². The topological polar surface area (TPSA) is 63.6 Å². The summed E-state index contributed by atoms with van der Waals surface area (Å²) in [5, 5.41) is 2.56. The number of rotatable bonds is 4. The molecule has 150 valence electrons. The largest absolute Gasteiger partial charge is 0.497 e. The fraction of sp³-hybridized carbons (Fsp3) is 0.0455. The number of aromatic nitrogens is 1. The van der Waals surface area contributed by atoms with Gasteiger partial charge in [0, 0.05) is 17.6 Å². The molecule has 1 aromatic heterocycles. The average molecular weight is 421 g/mol. The average Bonchev–Trinajstić information content (AvgIpc) is 3.20. The Morgan fingerprint density at radius 1 is 1.00 bits per heavy atom. The number of carbonyl (C=O) groups is 2. The molecule has 0 bridgehead atoms. The highest BCUT2D eigenvalue weighted by atomic mass is 32.1. The fourth-order valence-electron chi connectivity index (χ4n) is 3.12. The molecule has 2 aromatic carbocycles. The maximum atomic E-state index is 13.2. The van der Waals surface area contributed by atoms with Gasteiger partial charge in [-0.15, -0.1) is 0 Å².